The predicted molar refractivity (Wildman–Crippen MR) is 198 cm³/mol. The Kier molecular flexibility index (Phi) is 6.78. The SMILES string of the molecule is c1ccc(-c2nc(C(c3ccccn3)(c3nc(-c4ccccn4)n4ccccc34)c3nc(-c4ccccn4)n4ccccc34)c3ccccn23)nc1. The van der Waals surface area contributed by atoms with Crippen LogP contribution in [0.5, 0.6) is 0 Å². The first kappa shape index (κ1) is 29.6. The van der Waals surface area contributed by atoms with Gasteiger partial charge >= 0.3 is 0 Å². The molecule has 0 fully saturated rings. The van der Waals surface area contributed by atoms with Crippen molar-refractivity contribution >= 4 is 16.6 Å². The number of hydrogen-bond donors (Lipinski definition) is 0. The molecule has 10 rings (SSSR count). The van der Waals surface area contributed by atoms with Crippen molar-refractivity contribution in [2.75, 3.05) is 0 Å². The highest BCUT2D eigenvalue weighted by atomic mass is 15.1. The zero-order valence-electron chi connectivity index (χ0n) is 27.6. The van der Waals surface area contributed by atoms with Gasteiger partial charge in [0.05, 0.1) is 39.3 Å². The molecule has 52 heavy (non-hydrogen) atoms. The first-order valence-corrected chi connectivity index (χ1v) is 16.9. The largest absolute Gasteiger partial charge is 0.298 e. The van der Waals surface area contributed by atoms with Crippen molar-refractivity contribution < 1.29 is 0 Å². The first-order chi connectivity index (χ1) is 25.8. The fraction of sp³-hybridized carbons (Fsp3) is 0.0238. The van der Waals surface area contributed by atoms with Crippen LogP contribution in [0.25, 0.3) is 51.1 Å². The van der Waals surface area contributed by atoms with Crippen LogP contribution in [0, 0.1) is 0 Å². The molecule has 0 saturated carbocycles. The third kappa shape index (κ3) is 4.41. The second kappa shape index (κ2) is 11.9. The van der Waals surface area contributed by atoms with Gasteiger partial charge in [0.2, 0.25) is 0 Å². The quantitative estimate of drug-likeness (QED) is 0.172. The van der Waals surface area contributed by atoms with E-state index in [1.54, 1.807) is 18.6 Å². The molecule has 0 spiro atoms. The highest BCUT2D eigenvalue weighted by Crippen LogP contribution is 2.49. The normalized spacial score (nSPS) is 11.8. The molecule has 10 heteroatoms. The molecule has 10 nitrogen and oxygen atoms in total. The summed E-state index contributed by atoms with van der Waals surface area (Å²) < 4.78 is 6.27. The molecule has 0 bridgehead atoms. The lowest BCUT2D eigenvalue weighted by atomic mass is 9.73. The molecule has 10 aromatic rings. The van der Waals surface area contributed by atoms with Crippen LogP contribution in [0.4, 0.5) is 0 Å². The van der Waals surface area contributed by atoms with Gasteiger partial charge in [-0.3, -0.25) is 33.1 Å². The van der Waals surface area contributed by atoms with Crippen LogP contribution in [-0.4, -0.2) is 48.1 Å². The summed E-state index contributed by atoms with van der Waals surface area (Å²) in [6, 6.07) is 41.9. The van der Waals surface area contributed by atoms with E-state index in [2.05, 4.69) is 31.4 Å². The zero-order valence-corrected chi connectivity index (χ0v) is 27.6. The van der Waals surface area contributed by atoms with Crippen LogP contribution >= 0.6 is 0 Å². The van der Waals surface area contributed by atoms with Crippen LogP contribution in [0.2, 0.25) is 0 Å². The Balaban J connectivity index is 1.44. The molecule has 0 aromatic carbocycles. The topological polar surface area (TPSA) is 103 Å². The molecule has 10 heterocycles. The van der Waals surface area contributed by atoms with E-state index in [0.29, 0.717) is 40.2 Å². The van der Waals surface area contributed by atoms with Crippen LogP contribution in [0.15, 0.2) is 171 Å². The van der Waals surface area contributed by atoms with Gasteiger partial charge in [-0.1, -0.05) is 42.5 Å². The average Bonchev–Trinajstić information content (AvgIpc) is 3.93. The summed E-state index contributed by atoms with van der Waals surface area (Å²) in [5, 5.41) is 0. The Labute approximate surface area is 297 Å². The van der Waals surface area contributed by atoms with Crippen molar-refractivity contribution in [1.82, 2.24) is 48.1 Å². The molecule has 10 aromatic heterocycles. The minimum atomic E-state index is -1.28. The minimum absolute atomic E-state index is 0.688. The third-order valence-electron chi connectivity index (χ3n) is 9.44. The standard InChI is InChI=1S/C42H28N10/c1-8-22-43-29(15-1)39-47-36(32-18-5-12-26-50(32)39)42(35-21-4-11-25-46-35,37-33-19-6-13-27-51(33)40(48-37)30-16-2-9-23-44-30)38-34-20-7-14-28-52(34)41(49-38)31-17-3-10-24-45-31/h1-28H. The maximum absolute atomic E-state index is 5.57. The first-order valence-electron chi connectivity index (χ1n) is 16.9. The fourth-order valence-electron chi connectivity index (χ4n) is 7.25. The van der Waals surface area contributed by atoms with Crippen molar-refractivity contribution in [3.8, 4) is 34.6 Å². The van der Waals surface area contributed by atoms with E-state index in [1.807, 2.05) is 134 Å². The summed E-state index contributed by atoms with van der Waals surface area (Å²) in [5.74, 6) is 2.07. The van der Waals surface area contributed by atoms with E-state index in [-0.39, 0.29) is 0 Å². The van der Waals surface area contributed by atoms with E-state index in [0.717, 1.165) is 33.6 Å². The van der Waals surface area contributed by atoms with Gasteiger partial charge < -0.3 is 0 Å². The number of pyridine rings is 7. The summed E-state index contributed by atoms with van der Waals surface area (Å²) >= 11 is 0. The van der Waals surface area contributed by atoms with Crippen molar-refractivity contribution in [1.29, 1.82) is 0 Å². The Morgan fingerprint density at radius 1 is 0.346 bits per heavy atom. The molecule has 0 N–H and O–H groups in total. The maximum atomic E-state index is 5.57. The number of rotatable bonds is 7. The van der Waals surface area contributed by atoms with Gasteiger partial charge in [-0.15, -0.1) is 0 Å². The highest BCUT2D eigenvalue weighted by molar-refractivity contribution is 5.80. The van der Waals surface area contributed by atoms with Gasteiger partial charge in [-0.25, -0.2) is 15.0 Å². The fourth-order valence-corrected chi connectivity index (χ4v) is 7.25. The smallest absolute Gasteiger partial charge is 0.163 e. The number of imidazole rings is 3. The summed E-state index contributed by atoms with van der Waals surface area (Å²) in [6.45, 7) is 0. The van der Waals surface area contributed by atoms with Crippen molar-refractivity contribution in [2.24, 2.45) is 0 Å². The number of nitrogens with zero attached hydrogens (tertiary/aromatic N) is 10. The van der Waals surface area contributed by atoms with E-state index in [9.17, 15) is 0 Å². The summed E-state index contributed by atoms with van der Waals surface area (Å²) in [6.07, 6.45) is 13.2. The van der Waals surface area contributed by atoms with Crippen LogP contribution in [0.1, 0.15) is 22.8 Å². The molecule has 0 aliphatic heterocycles. The van der Waals surface area contributed by atoms with Gasteiger partial charge in [0.15, 0.2) is 17.5 Å². The summed E-state index contributed by atoms with van der Waals surface area (Å²) in [4.78, 5) is 36.1. The summed E-state index contributed by atoms with van der Waals surface area (Å²) in [7, 11) is 0. The molecular formula is C42H28N10. The van der Waals surface area contributed by atoms with Crippen molar-refractivity contribution in [2.45, 2.75) is 5.41 Å². The van der Waals surface area contributed by atoms with Crippen LogP contribution < -0.4 is 0 Å². The molecule has 0 atom stereocenters. The molecule has 0 aliphatic carbocycles. The number of hydrogen-bond acceptors (Lipinski definition) is 7. The lowest BCUT2D eigenvalue weighted by Crippen LogP contribution is -2.34. The van der Waals surface area contributed by atoms with E-state index in [4.69, 9.17) is 34.9 Å². The average molecular weight is 673 g/mol. The monoisotopic (exact) mass is 672 g/mol. The third-order valence-corrected chi connectivity index (χ3v) is 9.44. The van der Waals surface area contributed by atoms with Crippen LogP contribution in [-0.2, 0) is 5.41 Å². The molecule has 0 radical (unpaired) electrons. The van der Waals surface area contributed by atoms with Crippen molar-refractivity contribution in [3.05, 3.63) is 194 Å². The Hall–Kier alpha value is -7.33. The maximum Gasteiger partial charge on any atom is 0.163 e. The van der Waals surface area contributed by atoms with Gasteiger partial charge in [0, 0.05) is 43.4 Å². The van der Waals surface area contributed by atoms with Crippen LogP contribution in [0.3, 0.4) is 0 Å². The molecule has 246 valence electrons. The Morgan fingerprint density at radius 3 is 1.02 bits per heavy atom. The summed E-state index contributed by atoms with van der Waals surface area (Å²) in [5.41, 5.74) is 6.35. The van der Waals surface area contributed by atoms with Gasteiger partial charge in [0.25, 0.3) is 0 Å². The number of fused-ring (bicyclic) bond motifs is 3. The lowest BCUT2D eigenvalue weighted by molar-refractivity contribution is 0.671. The van der Waals surface area contributed by atoms with Crippen molar-refractivity contribution in [3.63, 3.8) is 0 Å². The van der Waals surface area contributed by atoms with Gasteiger partial charge in [-0.2, -0.15) is 0 Å². The molecule has 0 unspecified atom stereocenters. The molecular weight excluding hydrogens is 645 g/mol. The molecule has 0 aliphatic rings. The Morgan fingerprint density at radius 2 is 0.692 bits per heavy atom. The number of aromatic nitrogens is 10. The second-order valence-corrected chi connectivity index (χ2v) is 12.3. The van der Waals surface area contributed by atoms with Gasteiger partial charge in [-0.05, 0) is 84.9 Å². The minimum Gasteiger partial charge on any atom is -0.298 e. The van der Waals surface area contributed by atoms with E-state index < -0.39 is 5.41 Å². The Bertz CT molecular complexity index is 2560. The lowest BCUT2D eigenvalue weighted by Gasteiger charge is -2.30. The predicted octanol–water partition coefficient (Wildman–Crippen LogP) is 7.59. The second-order valence-electron chi connectivity index (χ2n) is 12.3. The molecule has 0 amide bonds. The highest BCUT2D eigenvalue weighted by Gasteiger charge is 2.50. The van der Waals surface area contributed by atoms with Gasteiger partial charge in [0.1, 0.15) is 22.5 Å². The zero-order chi connectivity index (χ0) is 34.5. The van der Waals surface area contributed by atoms with E-state index in [1.165, 1.54) is 0 Å². The molecule has 0 saturated heterocycles. The van der Waals surface area contributed by atoms with E-state index >= 15 is 0 Å².